The lowest BCUT2D eigenvalue weighted by Crippen LogP contribution is -2.38. The summed E-state index contributed by atoms with van der Waals surface area (Å²) in [6, 6.07) is 7.92. The maximum atomic E-state index is 12.3. The maximum absolute atomic E-state index is 12.3. The standard InChI is InChI=1S/C21H29F3N2O.C8H17NO.CH2O2/c1-5-7-17(9-8-15(3)6-2)20-14-16(4)26(25-20)18-10-12-19(13-11-18)27-21(22,23)24;1-8(2)7-9-3-5-10-6-4-9;2-1-3/h10-15,17H,5-9H2,1-4H3;8H,3-7H2,1-2H3;1H,(H,2,3). The lowest BCUT2D eigenvalue weighted by atomic mass is 9.90. The van der Waals surface area contributed by atoms with Crippen LogP contribution in [0.4, 0.5) is 13.2 Å². The molecule has 1 aliphatic rings. The van der Waals surface area contributed by atoms with E-state index >= 15 is 0 Å². The van der Waals surface area contributed by atoms with Gasteiger partial charge in [-0.3, -0.25) is 9.69 Å². The molecule has 7 nitrogen and oxygen atoms in total. The molecule has 2 unspecified atom stereocenters. The van der Waals surface area contributed by atoms with Crippen molar-refractivity contribution >= 4 is 6.47 Å². The number of hydrogen-bond donors (Lipinski definition) is 1. The van der Waals surface area contributed by atoms with Crippen molar-refractivity contribution in [1.82, 2.24) is 14.7 Å². The van der Waals surface area contributed by atoms with E-state index in [0.29, 0.717) is 11.8 Å². The van der Waals surface area contributed by atoms with Gasteiger partial charge in [-0.2, -0.15) is 5.10 Å². The van der Waals surface area contributed by atoms with Crippen LogP contribution in [0.5, 0.6) is 5.75 Å². The number of alkyl halides is 3. The minimum atomic E-state index is -4.68. The molecule has 1 saturated heterocycles. The molecule has 3 rings (SSSR count). The van der Waals surface area contributed by atoms with Crippen molar-refractivity contribution in [3.05, 3.63) is 41.7 Å². The third-order valence-electron chi connectivity index (χ3n) is 6.71. The van der Waals surface area contributed by atoms with Crippen LogP contribution in [0.15, 0.2) is 30.3 Å². The summed E-state index contributed by atoms with van der Waals surface area (Å²) in [5.41, 5.74) is 2.76. The summed E-state index contributed by atoms with van der Waals surface area (Å²) >= 11 is 0. The van der Waals surface area contributed by atoms with E-state index in [1.54, 1.807) is 16.8 Å². The Kier molecular flexibility index (Phi) is 16.6. The van der Waals surface area contributed by atoms with Gasteiger partial charge >= 0.3 is 6.36 Å². The molecule has 0 aliphatic carbocycles. The predicted octanol–water partition coefficient (Wildman–Crippen LogP) is 7.46. The first-order valence-corrected chi connectivity index (χ1v) is 14.2. The first-order chi connectivity index (χ1) is 18.9. The largest absolute Gasteiger partial charge is 0.573 e. The van der Waals surface area contributed by atoms with Crippen LogP contribution in [-0.2, 0) is 9.53 Å². The van der Waals surface area contributed by atoms with Crippen molar-refractivity contribution in [3.63, 3.8) is 0 Å². The molecule has 228 valence electrons. The van der Waals surface area contributed by atoms with Crippen LogP contribution in [0.25, 0.3) is 5.69 Å². The van der Waals surface area contributed by atoms with Crippen molar-refractivity contribution in [3.8, 4) is 11.4 Å². The van der Waals surface area contributed by atoms with Crippen LogP contribution in [0.3, 0.4) is 0 Å². The normalized spacial score (nSPS) is 15.3. The third kappa shape index (κ3) is 14.2. The molecule has 1 aromatic heterocycles. The average Bonchev–Trinajstić information content (AvgIpc) is 3.28. The molecule has 1 aliphatic heterocycles. The first-order valence-electron chi connectivity index (χ1n) is 14.2. The van der Waals surface area contributed by atoms with E-state index in [2.05, 4.69) is 50.3 Å². The maximum Gasteiger partial charge on any atom is 0.573 e. The van der Waals surface area contributed by atoms with Crippen LogP contribution in [0, 0.1) is 18.8 Å². The Labute approximate surface area is 237 Å². The van der Waals surface area contributed by atoms with E-state index in [9.17, 15) is 13.2 Å². The SMILES string of the molecule is CC(C)CN1CCOCC1.CCCC(CCC(C)CC)c1cc(C)n(-c2ccc(OC(F)(F)F)cc2)n1.O=CO. The summed E-state index contributed by atoms with van der Waals surface area (Å²) in [4.78, 5) is 10.8. The van der Waals surface area contributed by atoms with Gasteiger partial charge in [0.25, 0.3) is 6.47 Å². The molecule has 0 spiro atoms. The predicted molar refractivity (Wildman–Crippen MR) is 152 cm³/mol. The Hall–Kier alpha value is -2.59. The number of rotatable bonds is 11. The van der Waals surface area contributed by atoms with E-state index < -0.39 is 6.36 Å². The number of benzene rings is 1. The molecule has 0 bridgehead atoms. The van der Waals surface area contributed by atoms with Gasteiger partial charge in [0.1, 0.15) is 5.75 Å². The van der Waals surface area contributed by atoms with E-state index in [0.717, 1.165) is 68.6 Å². The van der Waals surface area contributed by atoms with Gasteiger partial charge in [0.05, 0.1) is 24.6 Å². The fourth-order valence-corrected chi connectivity index (χ4v) is 4.53. The number of aromatic nitrogens is 2. The summed E-state index contributed by atoms with van der Waals surface area (Å²) in [6.45, 7) is 18.2. The highest BCUT2D eigenvalue weighted by Gasteiger charge is 2.31. The van der Waals surface area contributed by atoms with Crippen LogP contribution < -0.4 is 4.74 Å². The van der Waals surface area contributed by atoms with Gasteiger partial charge in [-0.25, -0.2) is 4.68 Å². The number of ether oxygens (including phenoxy) is 2. The van der Waals surface area contributed by atoms with Crippen LogP contribution >= 0.6 is 0 Å². The van der Waals surface area contributed by atoms with Gasteiger partial charge < -0.3 is 14.6 Å². The summed E-state index contributed by atoms with van der Waals surface area (Å²) in [5.74, 6) is 1.68. The quantitative estimate of drug-likeness (QED) is 0.282. The smallest absolute Gasteiger partial charge is 0.483 e. The highest BCUT2D eigenvalue weighted by Crippen LogP contribution is 2.30. The van der Waals surface area contributed by atoms with Crippen molar-refractivity contribution < 1.29 is 32.5 Å². The van der Waals surface area contributed by atoms with Gasteiger partial charge in [0, 0.05) is 31.2 Å². The van der Waals surface area contributed by atoms with E-state index in [1.807, 2.05) is 6.92 Å². The second-order valence-electron chi connectivity index (χ2n) is 10.7. The highest BCUT2D eigenvalue weighted by molar-refractivity contribution is 5.38. The Morgan fingerprint density at radius 3 is 2.17 bits per heavy atom. The topological polar surface area (TPSA) is 76.8 Å². The van der Waals surface area contributed by atoms with Gasteiger partial charge in [-0.15, -0.1) is 13.2 Å². The van der Waals surface area contributed by atoms with Crippen molar-refractivity contribution in [2.24, 2.45) is 11.8 Å². The summed E-state index contributed by atoms with van der Waals surface area (Å²) in [7, 11) is 0. The molecule has 0 saturated carbocycles. The fraction of sp³-hybridized carbons (Fsp3) is 0.667. The zero-order chi connectivity index (χ0) is 30.1. The average molecular weight is 572 g/mol. The molecule has 2 atom stereocenters. The number of carboxylic acid groups (broad SMARTS) is 1. The molecule has 0 radical (unpaired) electrons. The molecular formula is C30H48F3N3O4. The van der Waals surface area contributed by atoms with Gasteiger partial charge in [-0.05, 0) is 61.9 Å². The lowest BCUT2D eigenvalue weighted by molar-refractivity contribution is -0.274. The Morgan fingerprint density at radius 2 is 1.68 bits per heavy atom. The van der Waals surface area contributed by atoms with Crippen LogP contribution in [-0.4, -0.2) is 65.5 Å². The van der Waals surface area contributed by atoms with Gasteiger partial charge in [0.2, 0.25) is 0 Å². The number of nitrogens with zero attached hydrogens (tertiary/aromatic N) is 3. The summed E-state index contributed by atoms with van der Waals surface area (Å²) < 4.78 is 47.9. The molecular weight excluding hydrogens is 523 g/mol. The zero-order valence-electron chi connectivity index (χ0n) is 24.9. The van der Waals surface area contributed by atoms with Crippen LogP contribution in [0.2, 0.25) is 0 Å². The summed E-state index contributed by atoms with van der Waals surface area (Å²) in [5, 5.41) is 11.6. The summed E-state index contributed by atoms with van der Waals surface area (Å²) in [6.07, 6.45) is 0.970. The van der Waals surface area contributed by atoms with E-state index in [4.69, 9.17) is 19.7 Å². The fourth-order valence-electron chi connectivity index (χ4n) is 4.53. The Morgan fingerprint density at radius 1 is 1.07 bits per heavy atom. The van der Waals surface area contributed by atoms with Crippen LogP contribution in [0.1, 0.15) is 84.0 Å². The highest BCUT2D eigenvalue weighted by atomic mass is 19.4. The van der Waals surface area contributed by atoms with Crippen molar-refractivity contribution in [2.75, 3.05) is 32.8 Å². The molecule has 0 amide bonds. The number of halogens is 3. The molecule has 2 heterocycles. The van der Waals surface area contributed by atoms with Crippen molar-refractivity contribution in [2.45, 2.75) is 85.9 Å². The van der Waals surface area contributed by atoms with Crippen molar-refractivity contribution in [1.29, 1.82) is 0 Å². The zero-order valence-corrected chi connectivity index (χ0v) is 24.9. The monoisotopic (exact) mass is 571 g/mol. The Bertz CT molecular complexity index is 943. The molecule has 1 aromatic carbocycles. The number of hydrogen-bond acceptors (Lipinski definition) is 5. The molecule has 1 N–H and O–H groups in total. The number of aryl methyl sites for hydroxylation is 1. The minimum Gasteiger partial charge on any atom is -0.483 e. The molecule has 1 fully saturated rings. The van der Waals surface area contributed by atoms with Gasteiger partial charge in [0.15, 0.2) is 0 Å². The number of morpholine rings is 1. The molecule has 2 aromatic rings. The third-order valence-corrected chi connectivity index (χ3v) is 6.71. The minimum absolute atomic E-state index is 0.228. The van der Waals surface area contributed by atoms with E-state index in [-0.39, 0.29) is 12.2 Å². The number of carbonyl (C=O) groups is 1. The second kappa shape index (κ2) is 18.7. The second-order valence-corrected chi connectivity index (χ2v) is 10.7. The molecule has 10 heteroatoms. The Balaban J connectivity index is 0.000000508. The van der Waals surface area contributed by atoms with E-state index in [1.165, 1.54) is 31.5 Å². The first kappa shape index (κ1) is 35.4. The lowest BCUT2D eigenvalue weighted by Gasteiger charge is -2.27. The molecule has 40 heavy (non-hydrogen) atoms. The van der Waals surface area contributed by atoms with Gasteiger partial charge in [-0.1, -0.05) is 53.9 Å².